The van der Waals surface area contributed by atoms with Gasteiger partial charge in [-0.15, -0.1) is 0 Å². The van der Waals surface area contributed by atoms with Gasteiger partial charge < -0.3 is 10.1 Å². The SMILES string of the molecule is C=C(C)c1ccc2c(-c3cnn4cc(-c5ccc(OCCN6CCNCC6)cn5)cnc34)cccc2n1. The molecule has 0 spiro atoms. The van der Waals surface area contributed by atoms with E-state index in [1.807, 2.05) is 55.8 Å². The molecule has 4 aromatic heterocycles. The van der Waals surface area contributed by atoms with Gasteiger partial charge in [-0.05, 0) is 42.3 Å². The number of fused-ring (bicyclic) bond motifs is 2. The summed E-state index contributed by atoms with van der Waals surface area (Å²) in [6, 6.07) is 14.1. The second-order valence-electron chi connectivity index (χ2n) is 9.34. The summed E-state index contributed by atoms with van der Waals surface area (Å²) in [5.74, 6) is 0.772. The fourth-order valence-electron chi connectivity index (χ4n) is 4.69. The van der Waals surface area contributed by atoms with Crippen molar-refractivity contribution in [3.05, 3.63) is 79.5 Å². The van der Waals surface area contributed by atoms with E-state index >= 15 is 0 Å². The van der Waals surface area contributed by atoms with Crippen molar-refractivity contribution >= 4 is 22.1 Å². The van der Waals surface area contributed by atoms with Crippen LogP contribution < -0.4 is 10.1 Å². The Morgan fingerprint density at radius 3 is 2.70 bits per heavy atom. The van der Waals surface area contributed by atoms with Gasteiger partial charge >= 0.3 is 0 Å². The molecule has 8 nitrogen and oxygen atoms in total. The molecule has 6 rings (SSSR count). The number of nitrogens with zero attached hydrogens (tertiary/aromatic N) is 6. The van der Waals surface area contributed by atoms with Crippen molar-refractivity contribution in [2.45, 2.75) is 6.92 Å². The van der Waals surface area contributed by atoms with Crippen LogP contribution in [-0.4, -0.2) is 68.8 Å². The zero-order valence-electron chi connectivity index (χ0n) is 20.9. The van der Waals surface area contributed by atoms with Crippen LogP contribution in [0.2, 0.25) is 0 Å². The van der Waals surface area contributed by atoms with Crippen molar-refractivity contribution in [1.29, 1.82) is 0 Å². The lowest BCUT2D eigenvalue weighted by molar-refractivity contribution is 0.191. The van der Waals surface area contributed by atoms with Crippen LogP contribution in [0.5, 0.6) is 5.75 Å². The highest BCUT2D eigenvalue weighted by Crippen LogP contribution is 2.31. The molecule has 5 aromatic rings. The molecule has 186 valence electrons. The average Bonchev–Trinajstić information content (AvgIpc) is 3.36. The van der Waals surface area contributed by atoms with E-state index in [0.29, 0.717) is 6.61 Å². The van der Waals surface area contributed by atoms with E-state index in [1.165, 1.54) is 0 Å². The summed E-state index contributed by atoms with van der Waals surface area (Å²) in [4.78, 5) is 16.5. The number of pyridine rings is 2. The maximum atomic E-state index is 5.91. The molecule has 0 aliphatic carbocycles. The van der Waals surface area contributed by atoms with Gasteiger partial charge in [0.15, 0.2) is 5.65 Å². The minimum Gasteiger partial charge on any atom is -0.491 e. The first kappa shape index (κ1) is 23.3. The van der Waals surface area contributed by atoms with E-state index in [1.54, 1.807) is 10.7 Å². The number of rotatable bonds is 7. The van der Waals surface area contributed by atoms with Gasteiger partial charge in [-0.2, -0.15) is 5.10 Å². The number of ether oxygens (including phenoxy) is 1. The molecule has 37 heavy (non-hydrogen) atoms. The molecule has 0 atom stereocenters. The molecule has 0 bridgehead atoms. The summed E-state index contributed by atoms with van der Waals surface area (Å²) < 4.78 is 7.71. The molecule has 1 N–H and O–H groups in total. The standard InChI is InChI=1S/C29H29N7O/c1-20(2)26-9-7-24-23(4-3-5-28(24)34-26)25-18-33-36-19-21(16-32-29(25)36)27-8-6-22(17-31-27)37-15-14-35-12-10-30-11-13-35/h3-9,16-19,30H,1,10-15H2,2H3. The Bertz CT molecular complexity index is 1570. The zero-order valence-corrected chi connectivity index (χ0v) is 20.9. The highest BCUT2D eigenvalue weighted by Gasteiger charge is 2.14. The van der Waals surface area contributed by atoms with Crippen molar-refractivity contribution in [3.63, 3.8) is 0 Å². The molecular weight excluding hydrogens is 462 g/mol. The Morgan fingerprint density at radius 1 is 1.00 bits per heavy atom. The second kappa shape index (κ2) is 10.1. The van der Waals surface area contributed by atoms with Gasteiger partial charge in [0.05, 0.1) is 29.3 Å². The lowest BCUT2D eigenvalue weighted by Crippen LogP contribution is -2.44. The highest BCUT2D eigenvalue weighted by atomic mass is 16.5. The van der Waals surface area contributed by atoms with Crippen LogP contribution in [0.1, 0.15) is 12.6 Å². The molecule has 1 saturated heterocycles. The number of hydrogen-bond acceptors (Lipinski definition) is 7. The van der Waals surface area contributed by atoms with Crippen LogP contribution in [-0.2, 0) is 0 Å². The van der Waals surface area contributed by atoms with Gasteiger partial charge in [0.1, 0.15) is 12.4 Å². The zero-order chi connectivity index (χ0) is 25.2. The van der Waals surface area contributed by atoms with Crippen LogP contribution >= 0.6 is 0 Å². The van der Waals surface area contributed by atoms with Crippen molar-refractivity contribution in [3.8, 4) is 28.1 Å². The maximum absolute atomic E-state index is 5.91. The first-order valence-corrected chi connectivity index (χ1v) is 12.6. The topological polar surface area (TPSA) is 80.5 Å². The molecule has 8 heteroatoms. The first-order chi connectivity index (χ1) is 18.2. The minimum atomic E-state index is 0.656. The Morgan fingerprint density at radius 2 is 1.89 bits per heavy atom. The van der Waals surface area contributed by atoms with Gasteiger partial charge in [0, 0.05) is 61.6 Å². The Kier molecular flexibility index (Phi) is 6.34. The largest absolute Gasteiger partial charge is 0.491 e. The van der Waals surface area contributed by atoms with Gasteiger partial charge in [-0.3, -0.25) is 9.88 Å². The van der Waals surface area contributed by atoms with E-state index in [2.05, 4.69) is 39.0 Å². The summed E-state index contributed by atoms with van der Waals surface area (Å²) in [6.45, 7) is 11.8. The average molecular weight is 492 g/mol. The number of allylic oxidation sites excluding steroid dienone is 1. The molecule has 0 unspecified atom stereocenters. The summed E-state index contributed by atoms with van der Waals surface area (Å²) in [6.07, 6.45) is 7.43. The van der Waals surface area contributed by atoms with Crippen molar-refractivity contribution in [2.24, 2.45) is 0 Å². The first-order valence-electron chi connectivity index (χ1n) is 12.6. The molecule has 0 radical (unpaired) electrons. The molecule has 0 amide bonds. The molecule has 5 heterocycles. The number of nitrogens with one attached hydrogen (secondary N) is 1. The van der Waals surface area contributed by atoms with Crippen LogP contribution in [0.15, 0.2) is 73.8 Å². The summed E-state index contributed by atoms with van der Waals surface area (Å²) in [5, 5.41) is 9.02. The smallest absolute Gasteiger partial charge is 0.162 e. The van der Waals surface area contributed by atoms with Gasteiger partial charge in [0.2, 0.25) is 0 Å². The van der Waals surface area contributed by atoms with Gasteiger partial charge in [-0.25, -0.2) is 14.5 Å². The lowest BCUT2D eigenvalue weighted by Gasteiger charge is -2.26. The van der Waals surface area contributed by atoms with Gasteiger partial charge in [0.25, 0.3) is 0 Å². The van der Waals surface area contributed by atoms with Crippen LogP contribution in [0, 0.1) is 0 Å². The Labute approximate surface area is 215 Å². The van der Waals surface area contributed by atoms with Crippen molar-refractivity contribution < 1.29 is 4.74 Å². The number of benzene rings is 1. The maximum Gasteiger partial charge on any atom is 0.162 e. The number of hydrogen-bond donors (Lipinski definition) is 1. The Hall–Kier alpha value is -4.14. The molecule has 0 saturated carbocycles. The molecular formula is C29H29N7O. The fourth-order valence-corrected chi connectivity index (χ4v) is 4.69. The quantitative estimate of drug-likeness (QED) is 0.363. The predicted molar refractivity (Wildman–Crippen MR) is 146 cm³/mol. The second-order valence-corrected chi connectivity index (χ2v) is 9.34. The van der Waals surface area contributed by atoms with Crippen LogP contribution in [0.3, 0.4) is 0 Å². The Balaban J connectivity index is 1.21. The third-order valence-electron chi connectivity index (χ3n) is 6.73. The molecule has 1 aromatic carbocycles. The van der Waals surface area contributed by atoms with E-state index in [0.717, 1.165) is 88.7 Å². The van der Waals surface area contributed by atoms with E-state index in [-0.39, 0.29) is 0 Å². The van der Waals surface area contributed by atoms with Gasteiger partial charge in [-0.1, -0.05) is 24.8 Å². The number of piperazine rings is 1. The highest BCUT2D eigenvalue weighted by molar-refractivity contribution is 5.98. The van der Waals surface area contributed by atoms with E-state index in [9.17, 15) is 0 Å². The minimum absolute atomic E-state index is 0.656. The molecule has 1 fully saturated rings. The molecule has 1 aliphatic heterocycles. The van der Waals surface area contributed by atoms with E-state index in [4.69, 9.17) is 14.7 Å². The fraction of sp³-hybridized carbons (Fsp3) is 0.241. The van der Waals surface area contributed by atoms with E-state index < -0.39 is 0 Å². The third-order valence-corrected chi connectivity index (χ3v) is 6.73. The monoisotopic (exact) mass is 491 g/mol. The number of aromatic nitrogens is 5. The van der Waals surface area contributed by atoms with Crippen molar-refractivity contribution in [2.75, 3.05) is 39.3 Å². The molecule has 1 aliphatic rings. The normalized spacial score (nSPS) is 14.3. The van der Waals surface area contributed by atoms with Crippen LogP contribution in [0.4, 0.5) is 0 Å². The predicted octanol–water partition coefficient (Wildman–Crippen LogP) is 4.32. The lowest BCUT2D eigenvalue weighted by atomic mass is 10.0. The van der Waals surface area contributed by atoms with Crippen LogP contribution in [0.25, 0.3) is 44.5 Å². The summed E-state index contributed by atoms with van der Waals surface area (Å²) >= 11 is 0. The summed E-state index contributed by atoms with van der Waals surface area (Å²) in [5.41, 5.74) is 7.28. The van der Waals surface area contributed by atoms with Crippen molar-refractivity contribution in [1.82, 2.24) is 34.8 Å². The third kappa shape index (κ3) is 4.81. The summed E-state index contributed by atoms with van der Waals surface area (Å²) in [7, 11) is 0.